The summed E-state index contributed by atoms with van der Waals surface area (Å²) >= 11 is 0. The van der Waals surface area contributed by atoms with Gasteiger partial charge in [-0.25, -0.2) is 0 Å². The Hall–Kier alpha value is -2.68. The van der Waals surface area contributed by atoms with Crippen LogP contribution in [0, 0.1) is 0 Å². The van der Waals surface area contributed by atoms with E-state index in [9.17, 15) is 4.79 Å². The Balaban J connectivity index is 1.66. The van der Waals surface area contributed by atoms with E-state index in [2.05, 4.69) is 64.2 Å². The van der Waals surface area contributed by atoms with Crippen molar-refractivity contribution in [1.82, 2.24) is 25.1 Å². The van der Waals surface area contributed by atoms with Crippen molar-refractivity contribution in [2.45, 2.75) is 58.5 Å². The van der Waals surface area contributed by atoms with Crippen molar-refractivity contribution in [2.75, 3.05) is 6.61 Å². The van der Waals surface area contributed by atoms with Gasteiger partial charge in [0.15, 0.2) is 6.73 Å². The summed E-state index contributed by atoms with van der Waals surface area (Å²) in [4.78, 5) is 16.7. The van der Waals surface area contributed by atoms with Gasteiger partial charge in [0.2, 0.25) is 11.6 Å². The molecule has 1 unspecified atom stereocenters. The highest BCUT2D eigenvalue weighted by molar-refractivity contribution is 6.76. The van der Waals surface area contributed by atoms with Crippen LogP contribution in [0.25, 0.3) is 0 Å². The molecule has 32 heavy (non-hydrogen) atoms. The van der Waals surface area contributed by atoms with Crippen LogP contribution in [0.5, 0.6) is 0 Å². The molecule has 170 valence electrons. The summed E-state index contributed by atoms with van der Waals surface area (Å²) in [5.41, 5.74) is 2.30. The monoisotopic (exact) mass is 451 g/mol. The largest absolute Gasteiger partial charge is 0.358 e. The second-order valence-corrected chi connectivity index (χ2v) is 14.9. The lowest BCUT2D eigenvalue weighted by atomic mass is 10.1. The molecular formula is C24H33N5O2Si. The lowest BCUT2D eigenvalue weighted by Gasteiger charge is -2.27. The molecule has 0 spiro atoms. The quantitative estimate of drug-likeness (QED) is 0.233. The molecule has 0 aliphatic rings. The molecule has 3 aromatic rings. The van der Waals surface area contributed by atoms with E-state index in [1.54, 1.807) is 0 Å². The summed E-state index contributed by atoms with van der Waals surface area (Å²) in [5, 5.41) is 12.3. The minimum atomic E-state index is -1.15. The van der Waals surface area contributed by atoms with E-state index in [1.807, 2.05) is 43.3 Å². The van der Waals surface area contributed by atoms with Crippen LogP contribution < -0.4 is 0 Å². The summed E-state index contributed by atoms with van der Waals surface area (Å²) in [6.45, 7) is 11.0. The van der Waals surface area contributed by atoms with Crippen molar-refractivity contribution in [3.05, 3.63) is 77.6 Å². The summed E-state index contributed by atoms with van der Waals surface area (Å²) < 4.78 is 5.67. The summed E-state index contributed by atoms with van der Waals surface area (Å²) in [6, 6.07) is 21.0. The number of rotatable bonds is 12. The molecule has 3 rings (SSSR count). The zero-order chi connectivity index (χ0) is 23.0. The van der Waals surface area contributed by atoms with E-state index < -0.39 is 14.1 Å². The van der Waals surface area contributed by atoms with E-state index >= 15 is 0 Å². The first-order chi connectivity index (χ1) is 15.3. The van der Waals surface area contributed by atoms with Crippen molar-refractivity contribution >= 4 is 13.9 Å². The smallest absolute Gasteiger partial charge is 0.242 e. The molecule has 1 atom stereocenters. The second-order valence-electron chi connectivity index (χ2n) is 9.25. The fourth-order valence-corrected chi connectivity index (χ4v) is 4.00. The Morgan fingerprint density at radius 3 is 2.09 bits per heavy atom. The minimum absolute atomic E-state index is 0.123. The van der Waals surface area contributed by atoms with E-state index in [-0.39, 0.29) is 18.3 Å². The Bertz CT molecular complexity index is 931. The third-order valence-electron chi connectivity index (χ3n) is 5.26. The molecule has 0 aliphatic heterocycles. The topological polar surface area (TPSA) is 73.1 Å². The van der Waals surface area contributed by atoms with Gasteiger partial charge in [-0.05, 0) is 29.3 Å². The molecule has 8 heteroatoms. The molecule has 0 amide bonds. The van der Waals surface area contributed by atoms with Crippen LogP contribution in [0.2, 0.25) is 25.7 Å². The number of carbonyl (C=O) groups is 1. The standard InChI is InChI=1S/C24H33N5O2Si/c1-20(23(30)24-25-27-29(26-24)19-31-15-16-32(2,3)4)28(17-21-11-7-5-8-12-21)18-22-13-9-6-10-14-22/h5-14,20H,15-19H2,1-4H3. The van der Waals surface area contributed by atoms with Crippen LogP contribution in [0.15, 0.2) is 60.7 Å². The van der Waals surface area contributed by atoms with E-state index in [0.29, 0.717) is 19.7 Å². The average Bonchev–Trinajstić information content (AvgIpc) is 3.25. The Morgan fingerprint density at radius 1 is 1.00 bits per heavy atom. The van der Waals surface area contributed by atoms with Gasteiger partial charge in [0.25, 0.3) is 0 Å². The number of ether oxygens (including phenoxy) is 1. The molecule has 0 saturated carbocycles. The predicted octanol–water partition coefficient (Wildman–Crippen LogP) is 4.26. The lowest BCUT2D eigenvalue weighted by molar-refractivity contribution is 0.0666. The van der Waals surface area contributed by atoms with Crippen LogP contribution in [0.3, 0.4) is 0 Å². The maximum Gasteiger partial charge on any atom is 0.242 e. The minimum Gasteiger partial charge on any atom is -0.358 e. The van der Waals surface area contributed by atoms with Gasteiger partial charge in [-0.3, -0.25) is 9.69 Å². The van der Waals surface area contributed by atoms with Crippen molar-refractivity contribution in [1.29, 1.82) is 0 Å². The highest BCUT2D eigenvalue weighted by Gasteiger charge is 2.26. The molecule has 0 radical (unpaired) electrons. The lowest BCUT2D eigenvalue weighted by Crippen LogP contribution is -2.38. The maximum atomic E-state index is 13.2. The number of aromatic nitrogens is 4. The zero-order valence-electron chi connectivity index (χ0n) is 19.4. The number of hydrogen-bond acceptors (Lipinski definition) is 6. The van der Waals surface area contributed by atoms with Gasteiger partial charge in [0, 0.05) is 27.8 Å². The molecular weight excluding hydrogens is 418 g/mol. The van der Waals surface area contributed by atoms with Crippen LogP contribution >= 0.6 is 0 Å². The molecule has 1 heterocycles. The first kappa shape index (κ1) is 24.0. The van der Waals surface area contributed by atoms with Gasteiger partial charge in [-0.2, -0.15) is 0 Å². The van der Waals surface area contributed by atoms with E-state index in [4.69, 9.17) is 4.74 Å². The molecule has 7 nitrogen and oxygen atoms in total. The second kappa shape index (κ2) is 11.3. The first-order valence-corrected chi connectivity index (χ1v) is 14.7. The Kier molecular flexibility index (Phi) is 8.44. The number of Topliss-reactive ketones (excluding diaryl/α,β-unsaturated/α-hetero) is 1. The fraction of sp³-hybridized carbons (Fsp3) is 0.417. The van der Waals surface area contributed by atoms with Gasteiger partial charge in [-0.1, -0.05) is 80.3 Å². The number of benzene rings is 2. The third-order valence-corrected chi connectivity index (χ3v) is 6.96. The van der Waals surface area contributed by atoms with Gasteiger partial charge in [0.1, 0.15) is 0 Å². The normalized spacial score (nSPS) is 12.8. The average molecular weight is 452 g/mol. The zero-order valence-corrected chi connectivity index (χ0v) is 20.4. The number of carbonyl (C=O) groups excluding carboxylic acids is 1. The molecule has 0 N–H and O–H groups in total. The summed E-state index contributed by atoms with van der Waals surface area (Å²) in [6.07, 6.45) is 0. The van der Waals surface area contributed by atoms with Gasteiger partial charge >= 0.3 is 0 Å². The van der Waals surface area contributed by atoms with Crippen LogP contribution in [0.1, 0.15) is 28.7 Å². The summed E-state index contributed by atoms with van der Waals surface area (Å²) in [5.74, 6) is -0.0253. The first-order valence-electron chi connectivity index (χ1n) is 11.0. The molecule has 0 bridgehead atoms. The predicted molar refractivity (Wildman–Crippen MR) is 128 cm³/mol. The number of ketones is 1. The summed E-state index contributed by atoms with van der Waals surface area (Å²) in [7, 11) is -1.15. The van der Waals surface area contributed by atoms with Gasteiger partial charge in [-0.15, -0.1) is 15.0 Å². The number of nitrogens with zero attached hydrogens (tertiary/aromatic N) is 5. The maximum absolute atomic E-state index is 13.2. The van der Waals surface area contributed by atoms with Crippen molar-refractivity contribution in [3.8, 4) is 0 Å². The third kappa shape index (κ3) is 7.47. The molecule has 0 aliphatic carbocycles. The SMILES string of the molecule is CC(C(=O)c1nnn(COCC[Si](C)(C)C)n1)N(Cc1ccccc1)Cc1ccccc1. The van der Waals surface area contributed by atoms with E-state index in [1.165, 1.54) is 4.80 Å². The van der Waals surface area contributed by atoms with Crippen LogP contribution in [0.4, 0.5) is 0 Å². The Labute approximate surface area is 191 Å². The molecule has 0 saturated heterocycles. The fourth-order valence-electron chi connectivity index (χ4n) is 3.24. The molecule has 1 aromatic heterocycles. The van der Waals surface area contributed by atoms with Gasteiger partial charge < -0.3 is 4.74 Å². The van der Waals surface area contributed by atoms with E-state index in [0.717, 1.165) is 17.2 Å². The number of tetrazole rings is 1. The molecule has 0 fully saturated rings. The van der Waals surface area contributed by atoms with Crippen molar-refractivity contribution < 1.29 is 9.53 Å². The van der Waals surface area contributed by atoms with Crippen molar-refractivity contribution in [2.24, 2.45) is 0 Å². The highest BCUT2D eigenvalue weighted by Crippen LogP contribution is 2.15. The molecule has 2 aromatic carbocycles. The van der Waals surface area contributed by atoms with Gasteiger partial charge in [0.05, 0.1) is 6.04 Å². The van der Waals surface area contributed by atoms with Crippen LogP contribution in [-0.2, 0) is 24.6 Å². The Morgan fingerprint density at radius 2 is 1.56 bits per heavy atom. The number of hydrogen-bond donors (Lipinski definition) is 0. The van der Waals surface area contributed by atoms with Crippen LogP contribution in [-0.4, -0.2) is 51.6 Å². The highest BCUT2D eigenvalue weighted by atomic mass is 28.3. The van der Waals surface area contributed by atoms with Crippen molar-refractivity contribution in [3.63, 3.8) is 0 Å².